The molecule has 8 nitrogen and oxygen atoms in total. The van der Waals surface area contributed by atoms with E-state index in [1.165, 1.54) is 0 Å². The molecule has 1 aromatic carbocycles. The third-order valence-corrected chi connectivity index (χ3v) is 9.70. The van der Waals surface area contributed by atoms with Gasteiger partial charge in [0.05, 0.1) is 28.8 Å². The van der Waals surface area contributed by atoms with Crippen molar-refractivity contribution >= 4 is 35.1 Å². The zero-order valence-corrected chi connectivity index (χ0v) is 25.7. The smallest absolute Gasteiger partial charge is 0.312 e. The van der Waals surface area contributed by atoms with Crippen LogP contribution in [-0.2, 0) is 23.9 Å². The molecule has 6 atom stereocenters. The molecule has 3 saturated heterocycles. The van der Waals surface area contributed by atoms with E-state index < -0.39 is 35.0 Å². The van der Waals surface area contributed by atoms with Crippen molar-refractivity contribution in [2.75, 3.05) is 31.2 Å². The molecular formula is C33H45ClN2O6. The van der Waals surface area contributed by atoms with Crippen molar-refractivity contribution in [2.24, 2.45) is 17.8 Å². The molecule has 0 saturated carbocycles. The van der Waals surface area contributed by atoms with Crippen molar-refractivity contribution in [3.8, 4) is 0 Å². The first-order valence-electron chi connectivity index (χ1n) is 15.2. The minimum Gasteiger partial charge on any atom is -0.465 e. The average molecular weight is 601 g/mol. The molecule has 3 heterocycles. The average Bonchev–Trinajstić information content (AvgIpc) is 3.48. The van der Waals surface area contributed by atoms with Gasteiger partial charge in [-0.25, -0.2) is 0 Å². The number of hydrogen-bond acceptors (Lipinski definition) is 6. The SMILES string of the molecule is C=CCCCCOC(=O)[C@@H]1[C@H]2C(=O)N(CCCCCCO)C(C(=O)N(CC=C)c3ccccc3Cl)C23CC(C)[C@@]1(C)O3. The van der Waals surface area contributed by atoms with Gasteiger partial charge in [-0.15, -0.1) is 13.2 Å². The molecule has 3 aliphatic rings. The van der Waals surface area contributed by atoms with E-state index in [1.54, 1.807) is 34.1 Å². The van der Waals surface area contributed by atoms with Crippen LogP contribution in [0.25, 0.3) is 0 Å². The minimum atomic E-state index is -1.17. The molecule has 2 amide bonds. The van der Waals surface area contributed by atoms with Gasteiger partial charge in [-0.1, -0.05) is 55.7 Å². The van der Waals surface area contributed by atoms with Crippen molar-refractivity contribution in [1.29, 1.82) is 0 Å². The number of benzene rings is 1. The van der Waals surface area contributed by atoms with E-state index >= 15 is 0 Å². The Hall–Kier alpha value is -2.68. The number of esters is 1. The Morgan fingerprint density at radius 2 is 1.90 bits per heavy atom. The van der Waals surface area contributed by atoms with E-state index in [1.807, 2.05) is 26.0 Å². The van der Waals surface area contributed by atoms with E-state index in [4.69, 9.17) is 21.1 Å². The number of aliphatic hydroxyl groups excluding tert-OH is 1. The number of rotatable bonds is 16. The third-order valence-electron chi connectivity index (χ3n) is 9.38. The normalized spacial score (nSPS) is 29.4. The molecule has 0 radical (unpaired) electrons. The van der Waals surface area contributed by atoms with Gasteiger partial charge in [0.1, 0.15) is 17.6 Å². The van der Waals surface area contributed by atoms with Crippen LogP contribution in [0.15, 0.2) is 49.6 Å². The van der Waals surface area contributed by atoms with Crippen LogP contribution in [-0.4, -0.2) is 71.3 Å². The minimum absolute atomic E-state index is 0.0761. The fraction of sp³-hybridized carbons (Fsp3) is 0.606. The van der Waals surface area contributed by atoms with Crippen molar-refractivity contribution in [1.82, 2.24) is 4.90 Å². The van der Waals surface area contributed by atoms with Gasteiger partial charge in [-0.05, 0) is 63.5 Å². The summed E-state index contributed by atoms with van der Waals surface area (Å²) in [7, 11) is 0. The molecule has 1 N–H and O–H groups in total. The van der Waals surface area contributed by atoms with Crippen molar-refractivity contribution in [3.63, 3.8) is 0 Å². The number of hydrogen-bond donors (Lipinski definition) is 1. The molecule has 1 spiro atoms. The summed E-state index contributed by atoms with van der Waals surface area (Å²) in [6, 6.07) is 6.18. The Kier molecular flexibility index (Phi) is 10.5. The summed E-state index contributed by atoms with van der Waals surface area (Å²) >= 11 is 6.55. The Balaban J connectivity index is 1.71. The fourth-order valence-electron chi connectivity index (χ4n) is 7.27. The number of carbonyl (C=O) groups is 3. The van der Waals surface area contributed by atoms with Crippen molar-refractivity contribution < 1.29 is 29.0 Å². The predicted octanol–water partition coefficient (Wildman–Crippen LogP) is 5.32. The molecule has 1 aromatic rings. The molecule has 2 bridgehead atoms. The number of allylic oxidation sites excluding steroid dienone is 1. The Labute approximate surface area is 254 Å². The Bertz CT molecular complexity index is 1170. The lowest BCUT2D eigenvalue weighted by Crippen LogP contribution is -2.57. The zero-order chi connectivity index (χ0) is 30.5. The topological polar surface area (TPSA) is 96.4 Å². The highest BCUT2D eigenvalue weighted by Gasteiger charge is 2.80. The highest BCUT2D eigenvalue weighted by molar-refractivity contribution is 6.34. The number of para-hydroxylation sites is 1. The van der Waals surface area contributed by atoms with Crippen LogP contribution in [0.4, 0.5) is 5.69 Å². The summed E-state index contributed by atoms with van der Waals surface area (Å²) in [5.41, 5.74) is -1.57. The lowest BCUT2D eigenvalue weighted by atomic mass is 9.62. The number of aliphatic hydroxyl groups is 1. The lowest BCUT2D eigenvalue weighted by Gasteiger charge is -2.37. The standard InChI is InChI=1S/C33H45ClN2O6/c1-5-7-8-15-21-41-31(40)27-26-29(38)36(19-13-9-10-14-20-37)28(33(26)22-23(3)32(27,4)42-33)30(39)35(18-6-2)25-17-12-11-16-24(25)34/h5-6,11-12,16-17,23,26-28,37H,1-2,7-10,13-15,18-22H2,3-4H3/t23?,26-,27-,28?,32+,33?/m0/s1. The number of unbranched alkanes of at least 4 members (excludes halogenated alkanes) is 5. The second-order valence-corrected chi connectivity index (χ2v) is 12.4. The Morgan fingerprint density at radius 1 is 1.17 bits per heavy atom. The summed E-state index contributed by atoms with van der Waals surface area (Å²) < 4.78 is 12.6. The first-order valence-corrected chi connectivity index (χ1v) is 15.6. The molecule has 3 aliphatic heterocycles. The van der Waals surface area contributed by atoms with Crippen LogP contribution in [0.3, 0.4) is 0 Å². The van der Waals surface area contributed by atoms with Crippen LogP contribution in [0.1, 0.15) is 65.2 Å². The van der Waals surface area contributed by atoms with Gasteiger partial charge in [-0.2, -0.15) is 0 Å². The fourth-order valence-corrected chi connectivity index (χ4v) is 7.51. The lowest BCUT2D eigenvalue weighted by molar-refractivity contribution is -0.161. The highest BCUT2D eigenvalue weighted by atomic mass is 35.5. The summed E-state index contributed by atoms with van der Waals surface area (Å²) in [5.74, 6) is -2.68. The van der Waals surface area contributed by atoms with Gasteiger partial charge in [0.15, 0.2) is 0 Å². The van der Waals surface area contributed by atoms with Crippen LogP contribution in [0.2, 0.25) is 5.02 Å². The number of ether oxygens (including phenoxy) is 2. The second kappa shape index (κ2) is 13.7. The molecular weight excluding hydrogens is 556 g/mol. The molecule has 42 heavy (non-hydrogen) atoms. The maximum Gasteiger partial charge on any atom is 0.312 e. The highest BCUT2D eigenvalue weighted by Crippen LogP contribution is 2.65. The molecule has 4 rings (SSSR count). The van der Waals surface area contributed by atoms with E-state index in [0.717, 1.165) is 25.7 Å². The molecule has 3 unspecified atom stereocenters. The van der Waals surface area contributed by atoms with Gasteiger partial charge < -0.3 is 24.4 Å². The summed E-state index contributed by atoms with van der Waals surface area (Å²) in [4.78, 5) is 45.9. The predicted molar refractivity (Wildman–Crippen MR) is 163 cm³/mol. The molecule has 0 aromatic heterocycles. The first-order chi connectivity index (χ1) is 20.2. The largest absolute Gasteiger partial charge is 0.465 e. The first kappa shape index (κ1) is 32.2. The van der Waals surface area contributed by atoms with Gasteiger partial charge in [-0.3, -0.25) is 14.4 Å². The van der Waals surface area contributed by atoms with Crippen molar-refractivity contribution in [3.05, 3.63) is 54.6 Å². The number of anilines is 1. The van der Waals surface area contributed by atoms with E-state index in [2.05, 4.69) is 13.2 Å². The number of nitrogens with zero attached hydrogens (tertiary/aromatic N) is 2. The van der Waals surface area contributed by atoms with Crippen LogP contribution in [0.5, 0.6) is 0 Å². The van der Waals surface area contributed by atoms with Gasteiger partial charge in [0.25, 0.3) is 5.91 Å². The van der Waals surface area contributed by atoms with Gasteiger partial charge in [0.2, 0.25) is 5.91 Å². The molecule has 9 heteroatoms. The molecule has 3 fully saturated rings. The summed E-state index contributed by atoms with van der Waals surface area (Å²) in [5, 5.41) is 9.61. The molecule has 230 valence electrons. The number of carbonyl (C=O) groups excluding carboxylic acids is 3. The number of halogens is 1. The summed E-state index contributed by atoms with van der Waals surface area (Å²) in [6.07, 6.45) is 9.32. The van der Waals surface area contributed by atoms with Crippen molar-refractivity contribution in [2.45, 2.75) is 82.5 Å². The quantitative estimate of drug-likeness (QED) is 0.157. The van der Waals surface area contributed by atoms with Gasteiger partial charge in [0, 0.05) is 19.7 Å². The maximum absolute atomic E-state index is 14.7. The van der Waals surface area contributed by atoms with Crippen LogP contribution < -0.4 is 4.90 Å². The molecule has 0 aliphatic carbocycles. The van der Waals surface area contributed by atoms with Crippen LogP contribution >= 0.6 is 11.6 Å². The van der Waals surface area contributed by atoms with Crippen LogP contribution in [0, 0.1) is 17.8 Å². The van der Waals surface area contributed by atoms with Gasteiger partial charge >= 0.3 is 5.97 Å². The van der Waals surface area contributed by atoms with E-state index in [0.29, 0.717) is 42.9 Å². The maximum atomic E-state index is 14.7. The third kappa shape index (κ3) is 5.78. The number of amides is 2. The monoisotopic (exact) mass is 600 g/mol. The summed E-state index contributed by atoms with van der Waals surface area (Å²) in [6.45, 7) is 12.4. The van der Waals surface area contributed by atoms with E-state index in [-0.39, 0.29) is 37.5 Å². The number of likely N-dealkylation sites (tertiary alicyclic amines) is 1. The number of fused-ring (bicyclic) bond motifs is 1. The zero-order valence-electron chi connectivity index (χ0n) is 24.9. The van der Waals surface area contributed by atoms with E-state index in [9.17, 15) is 19.5 Å². The Morgan fingerprint density at radius 3 is 2.60 bits per heavy atom. The second-order valence-electron chi connectivity index (χ2n) is 12.0.